The fraction of sp³-hybridized carbons (Fsp3) is 0.250. The molecule has 1 aromatic heterocycles. The molecule has 24 heavy (non-hydrogen) atoms. The lowest BCUT2D eigenvalue weighted by Crippen LogP contribution is -2.43. The van der Waals surface area contributed by atoms with E-state index in [1.165, 1.54) is 12.1 Å². The third-order valence-corrected chi connectivity index (χ3v) is 4.05. The molecule has 8 heteroatoms. The topological polar surface area (TPSA) is 57.3 Å². The maximum Gasteiger partial charge on any atom is 0.256 e. The van der Waals surface area contributed by atoms with E-state index in [9.17, 15) is 9.18 Å². The summed E-state index contributed by atoms with van der Waals surface area (Å²) in [6.07, 6.45) is 1.74. The highest BCUT2D eigenvalue weighted by atomic mass is 79.9. The number of benzene rings is 1. The van der Waals surface area contributed by atoms with Crippen molar-refractivity contribution in [3.63, 3.8) is 0 Å². The number of halogens is 3. The number of pyridine rings is 1. The molecule has 5 nitrogen and oxygen atoms in total. The summed E-state index contributed by atoms with van der Waals surface area (Å²) >= 11 is 3.17. The van der Waals surface area contributed by atoms with E-state index in [1.54, 1.807) is 18.3 Å². The highest BCUT2D eigenvalue weighted by Gasteiger charge is 2.12. The molecule has 1 aromatic carbocycles. The van der Waals surface area contributed by atoms with Gasteiger partial charge >= 0.3 is 0 Å². The number of anilines is 2. The fourth-order valence-corrected chi connectivity index (χ4v) is 2.91. The van der Waals surface area contributed by atoms with Crippen molar-refractivity contribution in [2.24, 2.45) is 0 Å². The number of piperazine rings is 1. The van der Waals surface area contributed by atoms with Crippen LogP contribution >= 0.6 is 28.3 Å². The molecule has 3 rings (SSSR count). The van der Waals surface area contributed by atoms with Gasteiger partial charge in [0.15, 0.2) is 0 Å². The fourth-order valence-electron chi connectivity index (χ4n) is 2.44. The molecule has 128 valence electrons. The molecule has 1 aliphatic rings. The van der Waals surface area contributed by atoms with Crippen LogP contribution in [0.15, 0.2) is 41.0 Å². The normalized spacial score (nSPS) is 14.0. The van der Waals surface area contributed by atoms with Gasteiger partial charge in [0, 0.05) is 36.2 Å². The minimum Gasteiger partial charge on any atom is -0.368 e. The lowest BCUT2D eigenvalue weighted by atomic mass is 10.2. The second-order valence-corrected chi connectivity index (χ2v) is 6.17. The molecule has 1 saturated heterocycles. The summed E-state index contributed by atoms with van der Waals surface area (Å²) in [7, 11) is 0. The zero-order valence-corrected chi connectivity index (χ0v) is 15.2. The molecule has 2 N–H and O–H groups in total. The molecule has 1 amide bonds. The Kier molecular flexibility index (Phi) is 6.53. The first-order valence-corrected chi connectivity index (χ1v) is 8.10. The summed E-state index contributed by atoms with van der Waals surface area (Å²) in [6.45, 7) is 3.77. The number of nitrogens with zero attached hydrogens (tertiary/aromatic N) is 2. The molecule has 2 heterocycles. The highest BCUT2D eigenvalue weighted by molar-refractivity contribution is 9.10. The van der Waals surface area contributed by atoms with Gasteiger partial charge in [0.2, 0.25) is 0 Å². The number of rotatable bonds is 3. The van der Waals surface area contributed by atoms with Gasteiger partial charge in [0.1, 0.15) is 11.6 Å². The zero-order chi connectivity index (χ0) is 16.2. The van der Waals surface area contributed by atoms with E-state index >= 15 is 0 Å². The smallest absolute Gasteiger partial charge is 0.256 e. The van der Waals surface area contributed by atoms with Crippen LogP contribution in [0.3, 0.4) is 0 Å². The number of amides is 1. The SMILES string of the molecule is Cl.O=C(Nc1ccc(N2CCNCC2)cn1)c1cc(F)cc(Br)c1. The van der Waals surface area contributed by atoms with Crippen molar-refractivity contribution >= 4 is 45.7 Å². The average molecular weight is 416 g/mol. The van der Waals surface area contributed by atoms with E-state index < -0.39 is 11.7 Å². The molecular formula is C16H17BrClFN4O. The summed E-state index contributed by atoms with van der Waals surface area (Å²) in [6, 6.07) is 7.74. The van der Waals surface area contributed by atoms with Crippen LogP contribution < -0.4 is 15.5 Å². The Hall–Kier alpha value is -1.70. The number of hydrogen-bond donors (Lipinski definition) is 2. The van der Waals surface area contributed by atoms with Gasteiger partial charge in [-0.2, -0.15) is 0 Å². The first-order valence-electron chi connectivity index (χ1n) is 7.31. The van der Waals surface area contributed by atoms with Crippen molar-refractivity contribution in [2.75, 3.05) is 36.4 Å². The zero-order valence-electron chi connectivity index (χ0n) is 12.8. The van der Waals surface area contributed by atoms with Crippen molar-refractivity contribution in [2.45, 2.75) is 0 Å². The monoisotopic (exact) mass is 414 g/mol. The van der Waals surface area contributed by atoms with Crippen molar-refractivity contribution < 1.29 is 9.18 Å². The lowest BCUT2D eigenvalue weighted by molar-refractivity contribution is 0.102. The van der Waals surface area contributed by atoms with Crippen LogP contribution in [-0.4, -0.2) is 37.1 Å². The van der Waals surface area contributed by atoms with Crippen LogP contribution in [-0.2, 0) is 0 Å². The molecule has 2 aromatic rings. The number of aromatic nitrogens is 1. The Morgan fingerprint density at radius 2 is 2.00 bits per heavy atom. The second kappa shape index (κ2) is 8.41. The number of carbonyl (C=O) groups is 1. The molecule has 0 unspecified atom stereocenters. The highest BCUT2D eigenvalue weighted by Crippen LogP contribution is 2.18. The molecule has 0 bridgehead atoms. The molecule has 0 radical (unpaired) electrons. The van der Waals surface area contributed by atoms with Gasteiger partial charge in [0.05, 0.1) is 11.9 Å². The summed E-state index contributed by atoms with van der Waals surface area (Å²) in [5.41, 5.74) is 1.27. The average Bonchev–Trinajstić information content (AvgIpc) is 2.55. The number of nitrogens with one attached hydrogen (secondary N) is 2. The maximum absolute atomic E-state index is 13.3. The lowest BCUT2D eigenvalue weighted by Gasteiger charge is -2.29. The van der Waals surface area contributed by atoms with Crippen LogP contribution in [0.25, 0.3) is 0 Å². The predicted octanol–water partition coefficient (Wildman–Crippen LogP) is 3.07. The minimum atomic E-state index is -0.466. The Morgan fingerprint density at radius 1 is 1.25 bits per heavy atom. The maximum atomic E-state index is 13.3. The summed E-state index contributed by atoms with van der Waals surface area (Å²) < 4.78 is 13.9. The third kappa shape index (κ3) is 4.66. The molecule has 0 spiro atoms. The molecule has 0 saturated carbocycles. The van der Waals surface area contributed by atoms with Gasteiger partial charge in [-0.1, -0.05) is 15.9 Å². The number of carbonyl (C=O) groups excluding carboxylic acids is 1. The Labute approximate surface area is 154 Å². The second-order valence-electron chi connectivity index (χ2n) is 5.25. The minimum absolute atomic E-state index is 0. The van der Waals surface area contributed by atoms with Crippen LogP contribution in [0.2, 0.25) is 0 Å². The standard InChI is InChI=1S/C16H16BrFN4O.ClH/c17-12-7-11(8-13(18)9-12)16(23)21-15-2-1-14(10-20-15)22-5-3-19-4-6-22;/h1-2,7-10,19H,3-6H2,(H,20,21,23);1H. The summed E-state index contributed by atoms with van der Waals surface area (Å²) in [4.78, 5) is 18.6. The Morgan fingerprint density at radius 3 is 2.62 bits per heavy atom. The van der Waals surface area contributed by atoms with Crippen molar-refractivity contribution in [1.82, 2.24) is 10.3 Å². The van der Waals surface area contributed by atoms with Gasteiger partial charge in [-0.25, -0.2) is 9.37 Å². The van der Waals surface area contributed by atoms with Gasteiger partial charge in [-0.15, -0.1) is 12.4 Å². The molecule has 0 atom stereocenters. The van der Waals surface area contributed by atoms with E-state index in [2.05, 4.69) is 36.4 Å². The van der Waals surface area contributed by atoms with Crippen LogP contribution in [0.4, 0.5) is 15.9 Å². The van der Waals surface area contributed by atoms with E-state index in [0.29, 0.717) is 10.3 Å². The van der Waals surface area contributed by atoms with Crippen LogP contribution in [0.5, 0.6) is 0 Å². The van der Waals surface area contributed by atoms with E-state index in [0.717, 1.165) is 31.9 Å². The molecule has 0 aliphatic carbocycles. The Balaban J connectivity index is 0.00000208. The van der Waals surface area contributed by atoms with Crippen molar-refractivity contribution in [3.8, 4) is 0 Å². The van der Waals surface area contributed by atoms with E-state index in [-0.39, 0.29) is 18.0 Å². The largest absolute Gasteiger partial charge is 0.368 e. The first-order chi connectivity index (χ1) is 11.1. The molecule has 1 fully saturated rings. The third-order valence-electron chi connectivity index (χ3n) is 3.60. The van der Waals surface area contributed by atoms with Gasteiger partial charge < -0.3 is 15.5 Å². The van der Waals surface area contributed by atoms with Crippen molar-refractivity contribution in [3.05, 3.63) is 52.4 Å². The predicted molar refractivity (Wildman–Crippen MR) is 98.6 cm³/mol. The van der Waals surface area contributed by atoms with Gasteiger partial charge in [0.25, 0.3) is 5.91 Å². The van der Waals surface area contributed by atoms with Crippen LogP contribution in [0, 0.1) is 5.82 Å². The van der Waals surface area contributed by atoms with Crippen LogP contribution in [0.1, 0.15) is 10.4 Å². The molecular weight excluding hydrogens is 399 g/mol. The van der Waals surface area contributed by atoms with E-state index in [4.69, 9.17) is 0 Å². The Bertz CT molecular complexity index is 687. The molecule has 1 aliphatic heterocycles. The summed E-state index contributed by atoms with van der Waals surface area (Å²) in [5, 5.41) is 5.97. The van der Waals surface area contributed by atoms with E-state index in [1.807, 2.05) is 6.07 Å². The summed E-state index contributed by atoms with van der Waals surface area (Å²) in [5.74, 6) is -0.423. The quantitative estimate of drug-likeness (QED) is 0.809. The van der Waals surface area contributed by atoms with Gasteiger partial charge in [-0.05, 0) is 30.3 Å². The first kappa shape index (κ1) is 18.6. The van der Waals surface area contributed by atoms with Crippen molar-refractivity contribution in [1.29, 1.82) is 0 Å². The number of hydrogen-bond acceptors (Lipinski definition) is 4. The van der Waals surface area contributed by atoms with Gasteiger partial charge in [-0.3, -0.25) is 4.79 Å².